The molecule has 1 aromatic rings. The summed E-state index contributed by atoms with van der Waals surface area (Å²) in [6.07, 6.45) is 0.861. The van der Waals surface area contributed by atoms with Crippen LogP contribution in [0.3, 0.4) is 0 Å². The summed E-state index contributed by atoms with van der Waals surface area (Å²) in [7, 11) is 0. The lowest BCUT2D eigenvalue weighted by molar-refractivity contribution is -0.139. The minimum atomic E-state index is 0.0521. The maximum absolute atomic E-state index is 12.2. The molecule has 0 bridgehead atoms. The molecule has 1 aliphatic rings. The van der Waals surface area contributed by atoms with Crippen molar-refractivity contribution in [1.82, 2.24) is 14.8 Å². The number of carbonyl (C=O) groups is 2. The number of nitrogen functional groups attached to an aromatic ring is 1. The molecule has 21 heavy (non-hydrogen) atoms. The number of amides is 2. The number of nitrogens with two attached hydrogens (primary N) is 1. The van der Waals surface area contributed by atoms with Crippen LogP contribution in [0.15, 0.2) is 5.38 Å². The van der Waals surface area contributed by atoms with E-state index in [0.717, 1.165) is 5.69 Å². The van der Waals surface area contributed by atoms with Crippen molar-refractivity contribution >= 4 is 28.3 Å². The van der Waals surface area contributed by atoms with Crippen LogP contribution >= 0.6 is 11.3 Å². The van der Waals surface area contributed by atoms with Crippen LogP contribution < -0.4 is 5.73 Å². The van der Waals surface area contributed by atoms with Crippen LogP contribution in [0.4, 0.5) is 5.13 Å². The summed E-state index contributed by atoms with van der Waals surface area (Å²) in [5, 5.41) is 2.30. The van der Waals surface area contributed by atoms with Gasteiger partial charge in [0.1, 0.15) is 0 Å². The van der Waals surface area contributed by atoms with E-state index in [1.807, 2.05) is 24.1 Å². The molecule has 1 aromatic heterocycles. The maximum Gasteiger partial charge on any atom is 0.228 e. The number of rotatable bonds is 4. The van der Waals surface area contributed by atoms with Crippen molar-refractivity contribution in [3.63, 3.8) is 0 Å². The van der Waals surface area contributed by atoms with Gasteiger partial charge in [0, 0.05) is 38.0 Å². The van der Waals surface area contributed by atoms with Crippen LogP contribution in [-0.4, -0.2) is 52.8 Å². The standard InChI is InChI=1S/C14H22N4O2S/c1-10(2)7-12(19)17-3-5-18(6-4-17)13(20)8-11-9-21-14(15)16-11/h9-10H,3-8H2,1-2H3,(H2,15,16). The summed E-state index contributed by atoms with van der Waals surface area (Å²) < 4.78 is 0. The maximum atomic E-state index is 12.2. The van der Waals surface area contributed by atoms with Crippen molar-refractivity contribution in [3.8, 4) is 0 Å². The number of carbonyl (C=O) groups excluding carboxylic acids is 2. The molecule has 0 unspecified atom stereocenters. The monoisotopic (exact) mass is 310 g/mol. The number of thiazole rings is 1. The summed E-state index contributed by atoms with van der Waals surface area (Å²) in [6, 6.07) is 0. The van der Waals surface area contributed by atoms with Gasteiger partial charge in [-0.1, -0.05) is 13.8 Å². The van der Waals surface area contributed by atoms with Crippen molar-refractivity contribution < 1.29 is 9.59 Å². The second-order valence-corrected chi connectivity index (χ2v) is 6.60. The Hall–Kier alpha value is -1.63. The third-order valence-electron chi connectivity index (χ3n) is 3.47. The SMILES string of the molecule is CC(C)CC(=O)N1CCN(C(=O)Cc2csc(N)n2)CC1. The molecule has 2 heterocycles. The third-order valence-corrected chi connectivity index (χ3v) is 4.19. The van der Waals surface area contributed by atoms with Gasteiger partial charge in [0.15, 0.2) is 5.13 Å². The van der Waals surface area contributed by atoms with Crippen molar-refractivity contribution in [2.45, 2.75) is 26.7 Å². The Morgan fingerprint density at radius 2 is 1.81 bits per heavy atom. The van der Waals surface area contributed by atoms with E-state index in [1.165, 1.54) is 11.3 Å². The molecule has 0 aromatic carbocycles. The lowest BCUT2D eigenvalue weighted by atomic mass is 10.1. The molecule has 7 heteroatoms. The van der Waals surface area contributed by atoms with Crippen molar-refractivity contribution in [3.05, 3.63) is 11.1 Å². The molecule has 0 spiro atoms. The van der Waals surface area contributed by atoms with E-state index in [9.17, 15) is 9.59 Å². The fraction of sp³-hybridized carbons (Fsp3) is 0.643. The van der Waals surface area contributed by atoms with Gasteiger partial charge in [-0.15, -0.1) is 11.3 Å². The second kappa shape index (κ2) is 6.89. The lowest BCUT2D eigenvalue weighted by Crippen LogP contribution is -2.51. The van der Waals surface area contributed by atoms with Crippen LogP contribution in [0.1, 0.15) is 26.0 Å². The molecule has 0 aliphatic carbocycles. The molecular formula is C14H22N4O2S. The van der Waals surface area contributed by atoms with Crippen LogP contribution in [0, 0.1) is 5.92 Å². The highest BCUT2D eigenvalue weighted by molar-refractivity contribution is 7.13. The van der Waals surface area contributed by atoms with Crippen LogP contribution in [-0.2, 0) is 16.0 Å². The predicted octanol–water partition coefficient (Wildman–Crippen LogP) is 0.985. The third kappa shape index (κ3) is 4.42. The first-order valence-corrected chi connectivity index (χ1v) is 8.09. The van der Waals surface area contributed by atoms with Crippen molar-refractivity contribution in [1.29, 1.82) is 0 Å². The number of hydrogen-bond acceptors (Lipinski definition) is 5. The van der Waals surface area contributed by atoms with Gasteiger partial charge < -0.3 is 15.5 Å². The minimum absolute atomic E-state index is 0.0521. The Balaban J connectivity index is 1.80. The lowest BCUT2D eigenvalue weighted by Gasteiger charge is -2.35. The molecule has 0 atom stereocenters. The zero-order valence-electron chi connectivity index (χ0n) is 12.5. The molecule has 1 aliphatic heterocycles. The van der Waals surface area contributed by atoms with Crippen molar-refractivity contribution in [2.24, 2.45) is 5.92 Å². The van der Waals surface area contributed by atoms with E-state index >= 15 is 0 Å². The van der Waals surface area contributed by atoms with E-state index in [1.54, 1.807) is 4.90 Å². The van der Waals surface area contributed by atoms with Gasteiger partial charge in [0.25, 0.3) is 0 Å². The van der Waals surface area contributed by atoms with Crippen LogP contribution in [0.2, 0.25) is 0 Å². The molecule has 0 saturated carbocycles. The highest BCUT2D eigenvalue weighted by Crippen LogP contribution is 2.13. The Kier molecular flexibility index (Phi) is 5.17. The Morgan fingerprint density at radius 3 is 2.29 bits per heavy atom. The number of nitrogens with zero attached hydrogens (tertiary/aromatic N) is 3. The summed E-state index contributed by atoms with van der Waals surface area (Å²) in [6.45, 7) is 6.52. The second-order valence-electron chi connectivity index (χ2n) is 5.71. The highest BCUT2D eigenvalue weighted by Gasteiger charge is 2.24. The molecule has 2 amide bonds. The zero-order valence-corrected chi connectivity index (χ0v) is 13.4. The smallest absolute Gasteiger partial charge is 0.228 e. The minimum Gasteiger partial charge on any atom is -0.375 e. The highest BCUT2D eigenvalue weighted by atomic mass is 32.1. The molecule has 2 rings (SSSR count). The molecule has 2 N–H and O–H groups in total. The van der Waals surface area contributed by atoms with Gasteiger partial charge in [-0.25, -0.2) is 4.98 Å². The molecule has 1 fully saturated rings. The van der Waals surface area contributed by atoms with Gasteiger partial charge in [-0.05, 0) is 5.92 Å². The Bertz CT molecular complexity index is 507. The van der Waals surface area contributed by atoms with E-state index in [0.29, 0.717) is 43.6 Å². The topological polar surface area (TPSA) is 79.5 Å². The van der Waals surface area contributed by atoms with Gasteiger partial charge in [0.05, 0.1) is 12.1 Å². The zero-order chi connectivity index (χ0) is 15.4. The molecule has 1 saturated heterocycles. The van der Waals surface area contributed by atoms with E-state index in [4.69, 9.17) is 5.73 Å². The summed E-state index contributed by atoms with van der Waals surface area (Å²) in [5.41, 5.74) is 6.29. The summed E-state index contributed by atoms with van der Waals surface area (Å²) in [5.74, 6) is 0.605. The Labute approximate surface area is 128 Å². The average molecular weight is 310 g/mol. The average Bonchev–Trinajstić information content (AvgIpc) is 2.83. The largest absolute Gasteiger partial charge is 0.375 e. The van der Waals surface area contributed by atoms with Gasteiger partial charge in [-0.2, -0.15) is 0 Å². The summed E-state index contributed by atoms with van der Waals surface area (Å²) in [4.78, 5) is 31.9. The van der Waals surface area contributed by atoms with Crippen LogP contribution in [0.25, 0.3) is 0 Å². The van der Waals surface area contributed by atoms with Gasteiger partial charge in [-0.3, -0.25) is 9.59 Å². The Morgan fingerprint density at radius 1 is 1.24 bits per heavy atom. The van der Waals surface area contributed by atoms with Crippen molar-refractivity contribution in [2.75, 3.05) is 31.9 Å². The van der Waals surface area contributed by atoms with Gasteiger partial charge in [0.2, 0.25) is 11.8 Å². The number of piperazine rings is 1. The first kappa shape index (κ1) is 15.8. The number of hydrogen-bond donors (Lipinski definition) is 1. The number of aromatic nitrogens is 1. The molecule has 6 nitrogen and oxygen atoms in total. The van der Waals surface area contributed by atoms with E-state index in [-0.39, 0.29) is 18.2 Å². The fourth-order valence-electron chi connectivity index (χ4n) is 2.35. The summed E-state index contributed by atoms with van der Waals surface area (Å²) >= 11 is 1.35. The normalized spacial score (nSPS) is 15.6. The van der Waals surface area contributed by atoms with E-state index in [2.05, 4.69) is 4.98 Å². The number of anilines is 1. The molecule has 116 valence electrons. The molecule has 0 radical (unpaired) electrons. The molecular weight excluding hydrogens is 288 g/mol. The van der Waals surface area contributed by atoms with Gasteiger partial charge >= 0.3 is 0 Å². The quantitative estimate of drug-likeness (QED) is 0.899. The predicted molar refractivity (Wildman–Crippen MR) is 82.8 cm³/mol. The first-order valence-electron chi connectivity index (χ1n) is 7.21. The first-order chi connectivity index (χ1) is 9.95. The van der Waals surface area contributed by atoms with E-state index < -0.39 is 0 Å². The fourth-order valence-corrected chi connectivity index (χ4v) is 2.92. The van der Waals surface area contributed by atoms with Crippen LogP contribution in [0.5, 0.6) is 0 Å².